The third-order valence-electron chi connectivity index (χ3n) is 7.17. The molecule has 1 aliphatic rings. The van der Waals surface area contributed by atoms with Crippen LogP contribution in [0.2, 0.25) is 0 Å². The molecule has 40 heavy (non-hydrogen) atoms. The van der Waals surface area contributed by atoms with Gasteiger partial charge < -0.3 is 14.2 Å². The van der Waals surface area contributed by atoms with Gasteiger partial charge in [0.05, 0.1) is 35.5 Å². The fraction of sp³-hybridized carbons (Fsp3) is 0.161. The lowest BCUT2D eigenvalue weighted by molar-refractivity contribution is 0.294. The van der Waals surface area contributed by atoms with Gasteiger partial charge in [0.25, 0.3) is 0 Å². The van der Waals surface area contributed by atoms with Crippen molar-refractivity contribution >= 4 is 5.65 Å². The van der Waals surface area contributed by atoms with Gasteiger partial charge in [0.15, 0.2) is 11.5 Å². The molecule has 0 unspecified atom stereocenters. The van der Waals surface area contributed by atoms with Crippen molar-refractivity contribution in [2.45, 2.75) is 26.4 Å². The molecule has 7 rings (SSSR count). The van der Waals surface area contributed by atoms with Crippen LogP contribution in [0, 0.1) is 13.8 Å². The zero-order chi connectivity index (χ0) is 27.2. The van der Waals surface area contributed by atoms with Gasteiger partial charge in [0.2, 0.25) is 11.8 Å². The van der Waals surface area contributed by atoms with E-state index in [1.807, 2.05) is 91.3 Å². The van der Waals surface area contributed by atoms with Crippen molar-refractivity contribution in [3.63, 3.8) is 0 Å². The van der Waals surface area contributed by atoms with Crippen LogP contribution in [-0.4, -0.2) is 36.5 Å². The Morgan fingerprint density at radius 2 is 1.60 bits per heavy atom. The molecule has 1 atom stereocenters. The van der Waals surface area contributed by atoms with E-state index in [0.29, 0.717) is 23.2 Å². The number of para-hydroxylation sites is 3. The van der Waals surface area contributed by atoms with Crippen molar-refractivity contribution in [3.05, 3.63) is 119 Å². The van der Waals surface area contributed by atoms with Crippen LogP contribution in [0.15, 0.2) is 85.2 Å². The summed E-state index contributed by atoms with van der Waals surface area (Å²) in [5.74, 6) is 2.85. The van der Waals surface area contributed by atoms with Gasteiger partial charge in [-0.15, -0.1) is 5.10 Å². The largest absolute Gasteiger partial charge is 0.496 e. The van der Waals surface area contributed by atoms with E-state index in [1.54, 1.807) is 18.0 Å². The van der Waals surface area contributed by atoms with Gasteiger partial charge in [-0.25, -0.2) is 19.2 Å². The van der Waals surface area contributed by atoms with Crippen LogP contribution in [0.3, 0.4) is 0 Å². The quantitative estimate of drug-likeness (QED) is 0.268. The van der Waals surface area contributed by atoms with E-state index in [0.717, 1.165) is 45.1 Å². The molecule has 0 amide bonds. The Morgan fingerprint density at radius 1 is 0.850 bits per heavy atom. The molecule has 4 heterocycles. The van der Waals surface area contributed by atoms with Crippen molar-refractivity contribution in [1.29, 1.82) is 0 Å². The second-order valence-electron chi connectivity index (χ2n) is 9.64. The zero-order valence-electron chi connectivity index (χ0n) is 22.3. The third-order valence-corrected chi connectivity index (χ3v) is 7.17. The number of benzene rings is 3. The molecule has 0 radical (unpaired) electrons. The number of nitrogens with zero attached hydrogens (tertiary/aromatic N) is 6. The Labute approximate surface area is 230 Å². The fourth-order valence-corrected chi connectivity index (χ4v) is 5.30. The maximum absolute atomic E-state index is 6.51. The van der Waals surface area contributed by atoms with Gasteiger partial charge >= 0.3 is 0 Å². The van der Waals surface area contributed by atoms with Crippen molar-refractivity contribution in [1.82, 2.24) is 29.4 Å². The standard InChI is InChI=1S/C31H26N6O3/c1-19-11-7-9-15-23(19)39-17-25-33-29-28-27(22-14-8-10-16-24(22)38-3)26-20(2)34-37(21-12-5-4-6-13-21)31(26)40-30(28)32-18-36(29)35-25/h4-16,18,27H,17H2,1-3H3/t27-/m0/s1. The molecule has 0 fully saturated rings. The van der Waals surface area contributed by atoms with Gasteiger partial charge in [0, 0.05) is 5.56 Å². The maximum Gasteiger partial charge on any atom is 0.230 e. The van der Waals surface area contributed by atoms with Crippen LogP contribution in [-0.2, 0) is 6.61 Å². The number of ether oxygens (including phenoxy) is 3. The number of fused-ring (bicyclic) bond motifs is 4. The zero-order valence-corrected chi connectivity index (χ0v) is 22.3. The average molecular weight is 531 g/mol. The highest BCUT2D eigenvalue weighted by atomic mass is 16.5. The van der Waals surface area contributed by atoms with E-state index in [1.165, 1.54) is 0 Å². The van der Waals surface area contributed by atoms with Crippen molar-refractivity contribution < 1.29 is 14.2 Å². The molecule has 0 aliphatic carbocycles. The molecule has 9 heteroatoms. The number of rotatable bonds is 6. The van der Waals surface area contributed by atoms with Crippen LogP contribution in [0.4, 0.5) is 0 Å². The third kappa shape index (κ3) is 3.86. The highest BCUT2D eigenvalue weighted by Gasteiger charge is 2.39. The number of aryl methyl sites for hydroxylation is 2. The Bertz CT molecular complexity index is 1860. The molecule has 0 saturated carbocycles. The van der Waals surface area contributed by atoms with Gasteiger partial charge in [-0.1, -0.05) is 54.6 Å². The first-order valence-corrected chi connectivity index (χ1v) is 13.0. The number of hydrogen-bond donors (Lipinski definition) is 0. The van der Waals surface area contributed by atoms with Crippen LogP contribution in [0.25, 0.3) is 11.3 Å². The second kappa shape index (κ2) is 9.53. The molecule has 3 aromatic heterocycles. The Hall–Kier alpha value is -5.18. The molecule has 0 saturated heterocycles. The summed E-state index contributed by atoms with van der Waals surface area (Å²) in [6.07, 6.45) is 1.62. The predicted octanol–water partition coefficient (Wildman–Crippen LogP) is 5.80. The first-order chi connectivity index (χ1) is 19.6. The smallest absolute Gasteiger partial charge is 0.230 e. The van der Waals surface area contributed by atoms with E-state index in [-0.39, 0.29) is 12.5 Å². The van der Waals surface area contributed by atoms with E-state index in [9.17, 15) is 0 Å². The summed E-state index contributed by atoms with van der Waals surface area (Å²) < 4.78 is 21.9. The van der Waals surface area contributed by atoms with Crippen LogP contribution in [0.5, 0.6) is 23.3 Å². The highest BCUT2D eigenvalue weighted by molar-refractivity contribution is 5.67. The van der Waals surface area contributed by atoms with Crippen molar-refractivity contribution in [3.8, 4) is 28.9 Å². The van der Waals surface area contributed by atoms with Crippen molar-refractivity contribution in [2.75, 3.05) is 7.11 Å². The minimum atomic E-state index is -0.308. The van der Waals surface area contributed by atoms with Gasteiger partial charge in [0.1, 0.15) is 24.4 Å². The molecule has 1 aliphatic heterocycles. The highest BCUT2D eigenvalue weighted by Crippen LogP contribution is 2.51. The monoisotopic (exact) mass is 530 g/mol. The first kappa shape index (κ1) is 23.9. The summed E-state index contributed by atoms with van der Waals surface area (Å²) >= 11 is 0. The topological polar surface area (TPSA) is 88.6 Å². The Balaban J connectivity index is 1.40. The van der Waals surface area contributed by atoms with Crippen LogP contribution in [0.1, 0.15) is 39.7 Å². The summed E-state index contributed by atoms with van der Waals surface area (Å²) in [6.45, 7) is 4.23. The number of methoxy groups -OCH3 is 1. The maximum atomic E-state index is 6.51. The van der Waals surface area contributed by atoms with Crippen molar-refractivity contribution in [2.24, 2.45) is 0 Å². The predicted molar refractivity (Wildman–Crippen MR) is 149 cm³/mol. The summed E-state index contributed by atoms with van der Waals surface area (Å²) in [5.41, 5.74) is 6.11. The number of hydrogen-bond acceptors (Lipinski definition) is 7. The normalized spacial score (nSPS) is 13.9. The van der Waals surface area contributed by atoms with Crippen LogP contribution >= 0.6 is 0 Å². The summed E-state index contributed by atoms with van der Waals surface area (Å²) in [7, 11) is 1.68. The lowest BCUT2D eigenvalue weighted by Crippen LogP contribution is -2.16. The summed E-state index contributed by atoms with van der Waals surface area (Å²) in [5, 5.41) is 9.57. The van der Waals surface area contributed by atoms with Gasteiger partial charge in [-0.05, 0) is 43.7 Å². The minimum Gasteiger partial charge on any atom is -0.496 e. The molecule has 9 nitrogen and oxygen atoms in total. The number of aromatic nitrogens is 6. The first-order valence-electron chi connectivity index (χ1n) is 13.0. The molecular formula is C31H26N6O3. The SMILES string of the molecule is COc1ccccc1[C@H]1c2c(C)nn(-c3ccccc3)c2Oc2ncn3nc(COc4ccccc4C)nc3c21. The molecule has 0 spiro atoms. The van der Waals surface area contributed by atoms with E-state index in [4.69, 9.17) is 24.3 Å². The lowest BCUT2D eigenvalue weighted by Gasteiger charge is -2.27. The lowest BCUT2D eigenvalue weighted by atomic mass is 9.84. The molecule has 3 aromatic carbocycles. The van der Waals surface area contributed by atoms with Gasteiger partial charge in [-0.3, -0.25) is 0 Å². The molecule has 198 valence electrons. The second-order valence-corrected chi connectivity index (χ2v) is 9.64. The summed E-state index contributed by atoms with van der Waals surface area (Å²) in [6, 6.07) is 25.8. The van der Waals surface area contributed by atoms with E-state index >= 15 is 0 Å². The average Bonchev–Trinajstić information content (AvgIpc) is 3.56. The van der Waals surface area contributed by atoms with E-state index in [2.05, 4.69) is 16.1 Å². The molecule has 0 bridgehead atoms. The van der Waals surface area contributed by atoms with E-state index < -0.39 is 0 Å². The minimum absolute atomic E-state index is 0.220. The van der Waals surface area contributed by atoms with Crippen LogP contribution < -0.4 is 14.2 Å². The fourth-order valence-electron chi connectivity index (χ4n) is 5.30. The molecule has 0 N–H and O–H groups in total. The van der Waals surface area contributed by atoms with Gasteiger partial charge in [-0.2, -0.15) is 5.10 Å². The summed E-state index contributed by atoms with van der Waals surface area (Å²) in [4.78, 5) is 9.59. The molecular weight excluding hydrogens is 504 g/mol. The molecule has 6 aromatic rings. The Morgan fingerprint density at radius 3 is 2.40 bits per heavy atom. The Kier molecular flexibility index (Phi) is 5.70.